The molecular weight excluding hydrogens is 328 g/mol. The van der Waals surface area contributed by atoms with Crippen molar-refractivity contribution < 1.29 is 14.7 Å². The summed E-state index contributed by atoms with van der Waals surface area (Å²) in [4.78, 5) is 26.1. The molecule has 2 atom stereocenters. The molecule has 2 N–H and O–H groups in total. The molecule has 24 heavy (non-hydrogen) atoms. The summed E-state index contributed by atoms with van der Waals surface area (Å²) < 4.78 is 0. The van der Waals surface area contributed by atoms with Gasteiger partial charge >= 0.3 is 6.03 Å². The molecule has 2 aromatic carbocycles. The summed E-state index contributed by atoms with van der Waals surface area (Å²) in [5, 5.41) is 13.6. The average Bonchev–Trinajstić information content (AvgIpc) is 2.80. The van der Waals surface area contributed by atoms with Crippen molar-refractivity contribution in [1.82, 2.24) is 10.2 Å². The molecule has 1 aliphatic rings. The third-order valence-corrected chi connectivity index (χ3v) is 4.49. The first-order valence-corrected chi connectivity index (χ1v) is 7.93. The fourth-order valence-electron chi connectivity index (χ4n) is 2.80. The monoisotopic (exact) mass is 344 g/mol. The number of hydrogen-bond donors (Lipinski definition) is 2. The van der Waals surface area contributed by atoms with E-state index in [0.717, 1.165) is 4.90 Å². The van der Waals surface area contributed by atoms with Crippen LogP contribution in [0, 0.1) is 0 Å². The van der Waals surface area contributed by atoms with E-state index in [-0.39, 0.29) is 6.54 Å². The number of halogens is 1. The molecule has 3 rings (SSSR count). The summed E-state index contributed by atoms with van der Waals surface area (Å²) in [5.41, 5.74) is 0.123. The Balaban J connectivity index is 1.82. The van der Waals surface area contributed by atoms with Gasteiger partial charge in [-0.15, -0.1) is 0 Å². The van der Waals surface area contributed by atoms with Crippen molar-refractivity contribution in [1.29, 1.82) is 0 Å². The zero-order valence-corrected chi connectivity index (χ0v) is 13.8. The number of imide groups is 1. The lowest BCUT2D eigenvalue weighted by molar-refractivity contribution is -0.132. The summed E-state index contributed by atoms with van der Waals surface area (Å²) in [7, 11) is 0. The first kappa shape index (κ1) is 16.5. The molecule has 1 fully saturated rings. The molecule has 0 bridgehead atoms. The number of rotatable bonds is 4. The first-order chi connectivity index (χ1) is 11.4. The number of benzene rings is 2. The minimum Gasteiger partial charge on any atom is -0.387 e. The van der Waals surface area contributed by atoms with E-state index in [1.165, 1.54) is 0 Å². The largest absolute Gasteiger partial charge is 0.387 e. The Kier molecular flexibility index (Phi) is 4.30. The summed E-state index contributed by atoms with van der Waals surface area (Å²) >= 11 is 5.88. The standard InChI is InChI=1S/C18H17ClN2O3/c1-18(13-7-9-14(19)10-8-13)16(23)21(17(24)20-18)11-15(22)12-5-3-2-4-6-12/h2-10,15,22H,11H2,1H3,(H,20,24)/t15-,18+/m0/s1. The number of carbonyl (C=O) groups is 2. The van der Waals surface area contributed by atoms with E-state index in [4.69, 9.17) is 11.6 Å². The molecule has 3 amide bonds. The van der Waals surface area contributed by atoms with E-state index >= 15 is 0 Å². The minimum absolute atomic E-state index is 0.0993. The second kappa shape index (κ2) is 6.26. The highest BCUT2D eigenvalue weighted by Gasteiger charge is 2.49. The lowest BCUT2D eigenvalue weighted by Crippen LogP contribution is -2.41. The molecule has 5 nitrogen and oxygen atoms in total. The summed E-state index contributed by atoms with van der Waals surface area (Å²) in [5.74, 6) is -0.398. The van der Waals surface area contributed by atoms with E-state index in [1.807, 2.05) is 6.07 Å². The molecule has 0 unspecified atom stereocenters. The zero-order chi connectivity index (χ0) is 17.3. The molecular formula is C18H17ClN2O3. The van der Waals surface area contributed by atoms with E-state index in [1.54, 1.807) is 55.5 Å². The molecule has 0 aromatic heterocycles. The molecule has 0 radical (unpaired) electrons. The number of β-amino-alcohol motifs (C(OH)–C–C–N with tert-alkyl or cyclic N) is 1. The molecule has 124 valence electrons. The van der Waals surface area contributed by atoms with Crippen LogP contribution in [0.3, 0.4) is 0 Å². The predicted octanol–water partition coefficient (Wildman–Crippen LogP) is 2.84. The Morgan fingerprint density at radius 1 is 1.12 bits per heavy atom. The van der Waals surface area contributed by atoms with Gasteiger partial charge in [-0.2, -0.15) is 0 Å². The average molecular weight is 345 g/mol. The van der Waals surface area contributed by atoms with Crippen LogP contribution < -0.4 is 5.32 Å². The van der Waals surface area contributed by atoms with E-state index < -0.39 is 23.6 Å². The van der Waals surface area contributed by atoms with Gasteiger partial charge in [0, 0.05) is 5.02 Å². The third-order valence-electron chi connectivity index (χ3n) is 4.24. The highest BCUT2D eigenvalue weighted by atomic mass is 35.5. The van der Waals surface area contributed by atoms with Crippen LogP contribution in [-0.4, -0.2) is 28.5 Å². The van der Waals surface area contributed by atoms with Crippen LogP contribution in [0.4, 0.5) is 4.79 Å². The molecule has 1 saturated heterocycles. The lowest BCUT2D eigenvalue weighted by atomic mass is 9.92. The molecule has 6 heteroatoms. The minimum atomic E-state index is -1.17. The smallest absolute Gasteiger partial charge is 0.325 e. The van der Waals surface area contributed by atoms with Gasteiger partial charge in [-0.3, -0.25) is 9.69 Å². The molecule has 2 aromatic rings. The van der Waals surface area contributed by atoms with Gasteiger partial charge in [-0.1, -0.05) is 54.1 Å². The number of nitrogens with one attached hydrogen (secondary N) is 1. The number of urea groups is 1. The van der Waals surface area contributed by atoms with Gasteiger partial charge in [0.1, 0.15) is 5.54 Å². The topological polar surface area (TPSA) is 69.6 Å². The maximum Gasteiger partial charge on any atom is 0.325 e. The van der Waals surface area contributed by atoms with Gasteiger partial charge in [-0.25, -0.2) is 4.79 Å². The first-order valence-electron chi connectivity index (χ1n) is 7.55. The van der Waals surface area contributed by atoms with Crippen LogP contribution in [0.25, 0.3) is 0 Å². The van der Waals surface area contributed by atoms with Gasteiger partial charge < -0.3 is 10.4 Å². The second-order valence-electron chi connectivity index (χ2n) is 5.90. The van der Waals surface area contributed by atoms with Gasteiger partial charge in [-0.05, 0) is 30.2 Å². The third kappa shape index (κ3) is 2.88. The van der Waals surface area contributed by atoms with Gasteiger partial charge in [0.15, 0.2) is 0 Å². The maximum absolute atomic E-state index is 12.8. The van der Waals surface area contributed by atoms with Crippen molar-refractivity contribution in [2.75, 3.05) is 6.54 Å². The van der Waals surface area contributed by atoms with Crippen LogP contribution in [0.1, 0.15) is 24.2 Å². The summed E-state index contributed by atoms with van der Waals surface area (Å²) in [6.07, 6.45) is -0.937. The van der Waals surface area contributed by atoms with Gasteiger partial charge in [0.05, 0.1) is 12.6 Å². The van der Waals surface area contributed by atoms with Crippen LogP contribution >= 0.6 is 11.6 Å². The number of aliphatic hydroxyl groups excluding tert-OH is 1. The van der Waals surface area contributed by atoms with Gasteiger partial charge in [0.2, 0.25) is 0 Å². The molecule has 0 spiro atoms. The van der Waals surface area contributed by atoms with E-state index in [2.05, 4.69) is 5.32 Å². The number of nitrogens with zero attached hydrogens (tertiary/aromatic N) is 1. The maximum atomic E-state index is 12.8. The fraction of sp³-hybridized carbons (Fsp3) is 0.222. The van der Waals surface area contributed by atoms with Crippen molar-refractivity contribution in [3.63, 3.8) is 0 Å². The molecule has 1 heterocycles. The molecule has 0 aliphatic carbocycles. The van der Waals surface area contributed by atoms with Gasteiger partial charge in [0.25, 0.3) is 5.91 Å². The quantitative estimate of drug-likeness (QED) is 0.838. The van der Waals surface area contributed by atoms with Crippen molar-refractivity contribution in [2.24, 2.45) is 0 Å². The van der Waals surface area contributed by atoms with Crippen molar-refractivity contribution in [2.45, 2.75) is 18.6 Å². The number of amides is 3. The van der Waals surface area contributed by atoms with Crippen LogP contribution in [0.5, 0.6) is 0 Å². The highest BCUT2D eigenvalue weighted by molar-refractivity contribution is 6.30. The van der Waals surface area contributed by atoms with Crippen molar-refractivity contribution in [3.05, 3.63) is 70.7 Å². The van der Waals surface area contributed by atoms with E-state index in [0.29, 0.717) is 16.1 Å². The lowest BCUT2D eigenvalue weighted by Gasteiger charge is -2.23. The number of carbonyl (C=O) groups excluding carboxylic acids is 2. The van der Waals surface area contributed by atoms with Crippen LogP contribution in [0.15, 0.2) is 54.6 Å². The Hall–Kier alpha value is -2.37. The Bertz CT molecular complexity index is 764. The highest BCUT2D eigenvalue weighted by Crippen LogP contribution is 2.30. The Morgan fingerprint density at radius 3 is 2.38 bits per heavy atom. The van der Waals surface area contributed by atoms with Crippen LogP contribution in [-0.2, 0) is 10.3 Å². The van der Waals surface area contributed by atoms with Crippen LogP contribution in [0.2, 0.25) is 5.02 Å². The van der Waals surface area contributed by atoms with Crippen molar-refractivity contribution in [3.8, 4) is 0 Å². The van der Waals surface area contributed by atoms with Crippen molar-refractivity contribution >= 4 is 23.5 Å². The molecule has 0 saturated carbocycles. The SMILES string of the molecule is C[C@]1(c2ccc(Cl)cc2)NC(=O)N(C[C@H](O)c2ccccc2)C1=O. The summed E-state index contributed by atoms with van der Waals surface area (Å²) in [6.45, 7) is 1.54. The Morgan fingerprint density at radius 2 is 1.75 bits per heavy atom. The number of aliphatic hydroxyl groups is 1. The normalized spacial score (nSPS) is 21.7. The fourth-order valence-corrected chi connectivity index (χ4v) is 2.92. The molecule has 1 aliphatic heterocycles. The number of hydrogen-bond acceptors (Lipinski definition) is 3. The predicted molar refractivity (Wildman–Crippen MR) is 90.5 cm³/mol. The second-order valence-corrected chi connectivity index (χ2v) is 6.34. The Labute approximate surface area is 144 Å². The van der Waals surface area contributed by atoms with E-state index in [9.17, 15) is 14.7 Å². The zero-order valence-electron chi connectivity index (χ0n) is 13.1. The summed E-state index contributed by atoms with van der Waals surface area (Å²) in [6, 6.07) is 15.2.